The molecule has 2 rings (SSSR count). The fourth-order valence-electron chi connectivity index (χ4n) is 1.96. The molecule has 0 spiro atoms. The van der Waals surface area contributed by atoms with Crippen LogP contribution < -0.4 is 10.6 Å². The number of benzene rings is 1. The van der Waals surface area contributed by atoms with Gasteiger partial charge < -0.3 is 10.1 Å². The van der Waals surface area contributed by atoms with Crippen LogP contribution in [0.1, 0.15) is 12.8 Å². The molecule has 0 aliphatic carbocycles. The zero-order chi connectivity index (χ0) is 12.8. The van der Waals surface area contributed by atoms with Crippen molar-refractivity contribution in [1.82, 2.24) is 5.32 Å². The van der Waals surface area contributed by atoms with E-state index in [1.807, 2.05) is 0 Å². The van der Waals surface area contributed by atoms with E-state index >= 15 is 0 Å². The Morgan fingerprint density at radius 1 is 1.44 bits per heavy atom. The largest absolute Gasteiger partial charge is 0.449 e. The van der Waals surface area contributed by atoms with Crippen LogP contribution >= 0.6 is 0 Å². The molecule has 0 radical (unpaired) electrons. The second-order valence-electron chi connectivity index (χ2n) is 4.43. The lowest BCUT2D eigenvalue weighted by molar-refractivity contribution is 0.131. The predicted molar refractivity (Wildman–Crippen MR) is 67.0 cm³/mol. The minimum absolute atomic E-state index is 0.383. The van der Waals surface area contributed by atoms with Crippen LogP contribution in [0.15, 0.2) is 24.3 Å². The smallest absolute Gasteiger partial charge is 0.411 e. The van der Waals surface area contributed by atoms with Crippen LogP contribution in [0, 0.1) is 11.7 Å². The van der Waals surface area contributed by atoms with Crippen LogP contribution in [-0.2, 0) is 4.74 Å². The van der Waals surface area contributed by atoms with E-state index in [1.54, 1.807) is 6.07 Å². The average molecular weight is 252 g/mol. The van der Waals surface area contributed by atoms with Gasteiger partial charge in [0.2, 0.25) is 0 Å². The Labute approximate surface area is 106 Å². The van der Waals surface area contributed by atoms with Crippen molar-refractivity contribution in [1.29, 1.82) is 0 Å². The SMILES string of the molecule is O=C(Nc1cccc(F)c1)OCC1CCNCC1. The molecule has 1 saturated heterocycles. The maximum absolute atomic E-state index is 12.9. The molecule has 0 saturated carbocycles. The molecule has 2 N–H and O–H groups in total. The quantitative estimate of drug-likeness (QED) is 0.868. The highest BCUT2D eigenvalue weighted by molar-refractivity contribution is 5.84. The fourth-order valence-corrected chi connectivity index (χ4v) is 1.96. The summed E-state index contributed by atoms with van der Waals surface area (Å²) < 4.78 is 18.0. The van der Waals surface area contributed by atoms with Gasteiger partial charge in [0.1, 0.15) is 5.82 Å². The maximum Gasteiger partial charge on any atom is 0.411 e. The van der Waals surface area contributed by atoms with Crippen molar-refractivity contribution < 1.29 is 13.9 Å². The van der Waals surface area contributed by atoms with Gasteiger partial charge in [0.25, 0.3) is 0 Å². The lowest BCUT2D eigenvalue weighted by Gasteiger charge is -2.22. The van der Waals surface area contributed by atoms with E-state index in [2.05, 4.69) is 10.6 Å². The minimum atomic E-state index is -0.529. The lowest BCUT2D eigenvalue weighted by atomic mass is 9.99. The van der Waals surface area contributed by atoms with Crippen molar-refractivity contribution in [2.75, 3.05) is 25.0 Å². The predicted octanol–water partition coefficient (Wildman–Crippen LogP) is 2.37. The number of anilines is 1. The van der Waals surface area contributed by atoms with E-state index in [1.165, 1.54) is 18.2 Å². The molecule has 1 heterocycles. The minimum Gasteiger partial charge on any atom is -0.449 e. The summed E-state index contributed by atoms with van der Waals surface area (Å²) in [6.07, 6.45) is 1.51. The summed E-state index contributed by atoms with van der Waals surface area (Å²) in [6.45, 7) is 2.36. The third-order valence-electron chi connectivity index (χ3n) is 2.98. The zero-order valence-corrected chi connectivity index (χ0v) is 10.1. The van der Waals surface area contributed by atoms with Gasteiger partial charge in [-0.3, -0.25) is 5.32 Å². The molecule has 0 aromatic heterocycles. The van der Waals surface area contributed by atoms with E-state index in [0.717, 1.165) is 25.9 Å². The Kier molecular flexibility index (Phi) is 4.52. The first-order valence-electron chi connectivity index (χ1n) is 6.14. The molecule has 1 amide bonds. The van der Waals surface area contributed by atoms with Gasteiger partial charge in [0.05, 0.1) is 6.61 Å². The number of amides is 1. The number of carbonyl (C=O) groups excluding carboxylic acids is 1. The summed E-state index contributed by atoms with van der Waals surface area (Å²) in [4.78, 5) is 11.5. The normalized spacial score (nSPS) is 16.3. The summed E-state index contributed by atoms with van der Waals surface area (Å²) in [5.74, 6) is 0.0377. The molecule has 0 bridgehead atoms. The molecule has 0 atom stereocenters. The fraction of sp³-hybridized carbons (Fsp3) is 0.462. The number of ether oxygens (including phenoxy) is 1. The Morgan fingerprint density at radius 3 is 2.94 bits per heavy atom. The first-order chi connectivity index (χ1) is 8.74. The number of nitrogens with one attached hydrogen (secondary N) is 2. The third-order valence-corrected chi connectivity index (χ3v) is 2.98. The van der Waals surface area contributed by atoms with Crippen LogP contribution in [0.4, 0.5) is 14.9 Å². The van der Waals surface area contributed by atoms with Gasteiger partial charge in [-0.1, -0.05) is 6.07 Å². The molecule has 4 nitrogen and oxygen atoms in total. The molecule has 1 fully saturated rings. The van der Waals surface area contributed by atoms with E-state index in [-0.39, 0.29) is 5.82 Å². The van der Waals surface area contributed by atoms with Gasteiger partial charge in [-0.15, -0.1) is 0 Å². The molecule has 1 aromatic carbocycles. The molecule has 18 heavy (non-hydrogen) atoms. The van der Waals surface area contributed by atoms with E-state index in [4.69, 9.17) is 4.74 Å². The summed E-state index contributed by atoms with van der Waals surface area (Å²) in [5, 5.41) is 5.76. The molecule has 1 aromatic rings. The number of rotatable bonds is 3. The summed E-state index contributed by atoms with van der Waals surface area (Å²) in [6, 6.07) is 5.74. The summed E-state index contributed by atoms with van der Waals surface area (Å²) in [7, 11) is 0. The first kappa shape index (κ1) is 12.8. The number of carbonyl (C=O) groups is 1. The average Bonchev–Trinajstić information content (AvgIpc) is 2.38. The number of hydrogen-bond donors (Lipinski definition) is 2. The van der Waals surface area contributed by atoms with Gasteiger partial charge in [-0.25, -0.2) is 9.18 Å². The van der Waals surface area contributed by atoms with Crippen molar-refractivity contribution in [3.05, 3.63) is 30.1 Å². The number of piperidine rings is 1. The van der Waals surface area contributed by atoms with Gasteiger partial charge in [-0.2, -0.15) is 0 Å². The highest BCUT2D eigenvalue weighted by atomic mass is 19.1. The molecule has 1 aliphatic heterocycles. The van der Waals surface area contributed by atoms with Crippen LogP contribution in [0.25, 0.3) is 0 Å². The molecule has 98 valence electrons. The van der Waals surface area contributed by atoms with E-state index in [9.17, 15) is 9.18 Å². The second-order valence-corrected chi connectivity index (χ2v) is 4.43. The van der Waals surface area contributed by atoms with Gasteiger partial charge >= 0.3 is 6.09 Å². The topological polar surface area (TPSA) is 50.4 Å². The Hall–Kier alpha value is -1.62. The van der Waals surface area contributed by atoms with Crippen LogP contribution in [0.3, 0.4) is 0 Å². The molecule has 5 heteroatoms. The van der Waals surface area contributed by atoms with Crippen LogP contribution in [0.5, 0.6) is 0 Å². The Bertz CT molecular complexity index is 406. The van der Waals surface area contributed by atoms with Crippen molar-refractivity contribution in [3.63, 3.8) is 0 Å². The Morgan fingerprint density at radius 2 is 2.22 bits per heavy atom. The maximum atomic E-state index is 12.9. The highest BCUT2D eigenvalue weighted by Crippen LogP contribution is 2.13. The molecule has 0 unspecified atom stereocenters. The van der Waals surface area contributed by atoms with Gasteiger partial charge in [-0.05, 0) is 50.0 Å². The summed E-state index contributed by atoms with van der Waals surface area (Å²) in [5.41, 5.74) is 0.408. The standard InChI is InChI=1S/C13H17FN2O2/c14-11-2-1-3-12(8-11)16-13(17)18-9-10-4-6-15-7-5-10/h1-3,8,10,15H,4-7,9H2,(H,16,17). The molecular weight excluding hydrogens is 235 g/mol. The number of halogens is 1. The first-order valence-corrected chi connectivity index (χ1v) is 6.14. The summed E-state index contributed by atoms with van der Waals surface area (Å²) >= 11 is 0. The second kappa shape index (κ2) is 6.35. The van der Waals surface area contributed by atoms with Gasteiger partial charge in [0.15, 0.2) is 0 Å². The van der Waals surface area contributed by atoms with Crippen LogP contribution in [-0.4, -0.2) is 25.8 Å². The third kappa shape index (κ3) is 4.00. The molecule has 1 aliphatic rings. The monoisotopic (exact) mass is 252 g/mol. The number of hydrogen-bond acceptors (Lipinski definition) is 3. The molecular formula is C13H17FN2O2. The van der Waals surface area contributed by atoms with Crippen molar-refractivity contribution in [3.8, 4) is 0 Å². The van der Waals surface area contributed by atoms with Gasteiger partial charge in [0, 0.05) is 5.69 Å². The zero-order valence-electron chi connectivity index (χ0n) is 10.1. The highest BCUT2D eigenvalue weighted by Gasteiger charge is 2.15. The van der Waals surface area contributed by atoms with E-state index in [0.29, 0.717) is 18.2 Å². The van der Waals surface area contributed by atoms with E-state index < -0.39 is 6.09 Å². The van der Waals surface area contributed by atoms with Crippen molar-refractivity contribution >= 4 is 11.8 Å². The van der Waals surface area contributed by atoms with Crippen molar-refractivity contribution in [2.24, 2.45) is 5.92 Å². The lowest BCUT2D eigenvalue weighted by Crippen LogP contribution is -2.31. The Balaban J connectivity index is 1.74. The van der Waals surface area contributed by atoms with Crippen molar-refractivity contribution in [2.45, 2.75) is 12.8 Å². The van der Waals surface area contributed by atoms with Crippen LogP contribution in [0.2, 0.25) is 0 Å².